The Hall–Kier alpha value is -1.53. The van der Waals surface area contributed by atoms with Gasteiger partial charge >= 0.3 is 0 Å². The number of methoxy groups -OCH3 is 1. The standard InChI is InChI=1S/C11H11NO2/c1-7-9(10-6-14-10)4-3-8(5-12)11(7)13-2/h3-4,10H,6H2,1-2H3/t10-/m0/s1. The van der Waals surface area contributed by atoms with Gasteiger partial charge in [-0.25, -0.2) is 0 Å². The monoisotopic (exact) mass is 189 g/mol. The molecule has 0 amide bonds. The Bertz CT molecular complexity index is 402. The lowest BCUT2D eigenvalue weighted by Crippen LogP contribution is -1.96. The first-order valence-electron chi connectivity index (χ1n) is 4.47. The van der Waals surface area contributed by atoms with E-state index in [0.717, 1.165) is 17.7 Å². The third kappa shape index (κ3) is 1.34. The highest BCUT2D eigenvalue weighted by Gasteiger charge is 2.28. The van der Waals surface area contributed by atoms with Gasteiger partial charge in [0.25, 0.3) is 0 Å². The molecule has 0 spiro atoms. The Morgan fingerprint density at radius 2 is 2.29 bits per heavy atom. The molecule has 1 aliphatic heterocycles. The average Bonchev–Trinajstić information content (AvgIpc) is 3.00. The van der Waals surface area contributed by atoms with E-state index < -0.39 is 0 Å². The zero-order valence-electron chi connectivity index (χ0n) is 8.20. The molecule has 0 aromatic heterocycles. The van der Waals surface area contributed by atoms with Crippen LogP contribution in [0.3, 0.4) is 0 Å². The van der Waals surface area contributed by atoms with Crippen LogP contribution in [-0.4, -0.2) is 13.7 Å². The second-order valence-corrected chi connectivity index (χ2v) is 3.29. The average molecular weight is 189 g/mol. The molecular formula is C11H11NO2. The molecular weight excluding hydrogens is 178 g/mol. The van der Waals surface area contributed by atoms with Crippen molar-refractivity contribution in [3.63, 3.8) is 0 Å². The van der Waals surface area contributed by atoms with Gasteiger partial charge in [-0.15, -0.1) is 0 Å². The number of epoxide rings is 1. The maximum atomic E-state index is 8.86. The third-order valence-electron chi connectivity index (χ3n) is 2.45. The van der Waals surface area contributed by atoms with Crippen molar-refractivity contribution >= 4 is 0 Å². The summed E-state index contributed by atoms with van der Waals surface area (Å²) in [4.78, 5) is 0. The molecule has 1 aromatic rings. The highest BCUT2D eigenvalue weighted by atomic mass is 16.6. The summed E-state index contributed by atoms with van der Waals surface area (Å²) in [5.74, 6) is 0.667. The van der Waals surface area contributed by atoms with Gasteiger partial charge in [-0.2, -0.15) is 5.26 Å². The van der Waals surface area contributed by atoms with E-state index in [-0.39, 0.29) is 6.10 Å². The van der Waals surface area contributed by atoms with Crippen molar-refractivity contribution in [3.05, 3.63) is 28.8 Å². The number of hydrogen-bond donors (Lipinski definition) is 0. The van der Waals surface area contributed by atoms with E-state index in [2.05, 4.69) is 6.07 Å². The number of nitriles is 1. The molecule has 3 heteroatoms. The van der Waals surface area contributed by atoms with Crippen molar-refractivity contribution in [1.82, 2.24) is 0 Å². The van der Waals surface area contributed by atoms with Crippen LogP contribution in [0.1, 0.15) is 22.8 Å². The van der Waals surface area contributed by atoms with Crippen molar-refractivity contribution in [2.24, 2.45) is 0 Å². The minimum Gasteiger partial charge on any atom is -0.495 e. The second-order valence-electron chi connectivity index (χ2n) is 3.29. The number of rotatable bonds is 2. The summed E-state index contributed by atoms with van der Waals surface area (Å²) in [6.07, 6.45) is 0.205. The summed E-state index contributed by atoms with van der Waals surface area (Å²) in [6, 6.07) is 5.83. The van der Waals surface area contributed by atoms with Gasteiger partial charge in [0.1, 0.15) is 17.9 Å². The molecule has 1 atom stereocenters. The van der Waals surface area contributed by atoms with Crippen LogP contribution in [-0.2, 0) is 4.74 Å². The highest BCUT2D eigenvalue weighted by Crippen LogP contribution is 2.36. The zero-order chi connectivity index (χ0) is 10.1. The number of ether oxygens (including phenoxy) is 2. The van der Waals surface area contributed by atoms with Crippen molar-refractivity contribution in [1.29, 1.82) is 5.26 Å². The maximum absolute atomic E-state index is 8.86. The van der Waals surface area contributed by atoms with Gasteiger partial charge in [-0.3, -0.25) is 0 Å². The van der Waals surface area contributed by atoms with Gasteiger partial charge in [0.15, 0.2) is 0 Å². The van der Waals surface area contributed by atoms with Crippen LogP contribution in [0.25, 0.3) is 0 Å². The molecule has 1 aliphatic rings. The smallest absolute Gasteiger partial charge is 0.139 e. The summed E-state index contributed by atoms with van der Waals surface area (Å²) in [5, 5.41) is 8.86. The summed E-state index contributed by atoms with van der Waals surface area (Å²) in [6.45, 7) is 2.73. The molecule has 2 rings (SSSR count). The first-order valence-corrected chi connectivity index (χ1v) is 4.47. The Labute approximate surface area is 82.9 Å². The van der Waals surface area contributed by atoms with Gasteiger partial charge in [0.05, 0.1) is 19.3 Å². The van der Waals surface area contributed by atoms with E-state index in [1.165, 1.54) is 0 Å². The largest absolute Gasteiger partial charge is 0.495 e. The van der Waals surface area contributed by atoms with Crippen LogP contribution >= 0.6 is 0 Å². The van der Waals surface area contributed by atoms with Crippen molar-refractivity contribution in [2.75, 3.05) is 13.7 Å². The Morgan fingerprint density at radius 3 is 2.79 bits per heavy atom. The van der Waals surface area contributed by atoms with Gasteiger partial charge < -0.3 is 9.47 Å². The number of benzene rings is 1. The molecule has 14 heavy (non-hydrogen) atoms. The molecule has 1 aromatic carbocycles. The molecule has 72 valence electrons. The predicted molar refractivity (Wildman–Crippen MR) is 51.1 cm³/mol. The van der Waals surface area contributed by atoms with Crippen LogP contribution in [0.2, 0.25) is 0 Å². The fourth-order valence-electron chi connectivity index (χ4n) is 1.63. The molecule has 0 radical (unpaired) electrons. The summed E-state index contributed by atoms with van der Waals surface area (Å²) in [7, 11) is 1.58. The fourth-order valence-corrected chi connectivity index (χ4v) is 1.63. The van der Waals surface area contributed by atoms with Crippen LogP contribution in [0, 0.1) is 18.3 Å². The second kappa shape index (κ2) is 3.32. The van der Waals surface area contributed by atoms with Crippen LogP contribution in [0.5, 0.6) is 5.75 Å². The Kier molecular flexibility index (Phi) is 2.14. The molecule has 0 saturated carbocycles. The molecule has 0 N–H and O–H groups in total. The fraction of sp³-hybridized carbons (Fsp3) is 0.364. The predicted octanol–water partition coefficient (Wildman–Crippen LogP) is 1.95. The third-order valence-corrected chi connectivity index (χ3v) is 2.45. The normalized spacial score (nSPS) is 18.8. The minimum absolute atomic E-state index is 0.205. The zero-order valence-corrected chi connectivity index (χ0v) is 8.20. The van der Waals surface area contributed by atoms with E-state index >= 15 is 0 Å². The lowest BCUT2D eigenvalue weighted by atomic mass is 10.0. The SMILES string of the molecule is COc1c(C#N)ccc([C@@H]2CO2)c1C. The van der Waals surface area contributed by atoms with Gasteiger partial charge in [-0.1, -0.05) is 6.07 Å². The quantitative estimate of drug-likeness (QED) is 0.668. The molecule has 0 aliphatic carbocycles. The van der Waals surface area contributed by atoms with Crippen molar-refractivity contribution < 1.29 is 9.47 Å². The van der Waals surface area contributed by atoms with E-state index in [4.69, 9.17) is 14.7 Å². The topological polar surface area (TPSA) is 45.5 Å². The first-order chi connectivity index (χ1) is 6.77. The minimum atomic E-state index is 0.205. The lowest BCUT2D eigenvalue weighted by molar-refractivity contribution is 0.400. The number of hydrogen-bond acceptors (Lipinski definition) is 3. The van der Waals surface area contributed by atoms with Gasteiger partial charge in [0.2, 0.25) is 0 Å². The summed E-state index contributed by atoms with van der Waals surface area (Å²) in [5.41, 5.74) is 2.71. The molecule has 1 fully saturated rings. The highest BCUT2D eigenvalue weighted by molar-refractivity contribution is 5.52. The first kappa shape index (κ1) is 9.04. The van der Waals surface area contributed by atoms with Crippen molar-refractivity contribution in [2.45, 2.75) is 13.0 Å². The van der Waals surface area contributed by atoms with Crippen LogP contribution < -0.4 is 4.74 Å². The number of nitrogens with zero attached hydrogens (tertiary/aromatic N) is 1. The molecule has 0 bridgehead atoms. The summed E-state index contributed by atoms with van der Waals surface area (Å²) < 4.78 is 10.4. The molecule has 1 saturated heterocycles. The van der Waals surface area contributed by atoms with Gasteiger partial charge in [0, 0.05) is 0 Å². The molecule has 0 unspecified atom stereocenters. The Balaban J connectivity index is 2.52. The maximum Gasteiger partial charge on any atom is 0.139 e. The lowest BCUT2D eigenvalue weighted by Gasteiger charge is -2.09. The Morgan fingerprint density at radius 1 is 1.57 bits per heavy atom. The van der Waals surface area contributed by atoms with Crippen molar-refractivity contribution in [3.8, 4) is 11.8 Å². The summed E-state index contributed by atoms with van der Waals surface area (Å²) >= 11 is 0. The molecule has 3 nitrogen and oxygen atoms in total. The van der Waals surface area contributed by atoms with E-state index in [1.54, 1.807) is 13.2 Å². The van der Waals surface area contributed by atoms with Gasteiger partial charge in [-0.05, 0) is 24.1 Å². The van der Waals surface area contributed by atoms with Crippen LogP contribution in [0.15, 0.2) is 12.1 Å². The van der Waals surface area contributed by atoms with E-state index in [1.807, 2.05) is 13.0 Å². The van der Waals surface area contributed by atoms with E-state index in [9.17, 15) is 0 Å². The molecule has 1 heterocycles. The van der Waals surface area contributed by atoms with E-state index in [0.29, 0.717) is 11.3 Å². The van der Waals surface area contributed by atoms with Crippen LogP contribution in [0.4, 0.5) is 0 Å².